The molecular formula is C16H26FN3O. The van der Waals surface area contributed by atoms with Crippen LogP contribution >= 0.6 is 0 Å². The van der Waals surface area contributed by atoms with Crippen molar-refractivity contribution in [1.82, 2.24) is 4.90 Å². The van der Waals surface area contributed by atoms with Gasteiger partial charge in [-0.1, -0.05) is 12.1 Å². The van der Waals surface area contributed by atoms with Gasteiger partial charge in [0.2, 0.25) is 0 Å². The lowest BCUT2D eigenvalue weighted by atomic mass is 9.95. The van der Waals surface area contributed by atoms with Gasteiger partial charge in [-0.2, -0.15) is 0 Å². The fourth-order valence-electron chi connectivity index (χ4n) is 2.91. The Hall–Kier alpha value is -1.17. The molecule has 1 fully saturated rings. The number of hydrogen-bond donors (Lipinski definition) is 1. The third-order valence-corrected chi connectivity index (χ3v) is 4.52. The predicted octanol–water partition coefficient (Wildman–Crippen LogP) is 1.70. The number of nitrogens with two attached hydrogens (primary N) is 1. The molecule has 1 unspecified atom stereocenters. The molecule has 1 aliphatic rings. The Bertz CT molecular complexity index is 449. The minimum atomic E-state index is -0.146. The number of para-hydroxylation sites is 1. The highest BCUT2D eigenvalue weighted by atomic mass is 19.1. The summed E-state index contributed by atoms with van der Waals surface area (Å²) in [5.41, 5.74) is 6.63. The van der Waals surface area contributed by atoms with Crippen LogP contribution in [0.25, 0.3) is 0 Å². The number of halogens is 1. The molecular weight excluding hydrogens is 269 g/mol. The van der Waals surface area contributed by atoms with Gasteiger partial charge in [-0.05, 0) is 25.5 Å². The lowest BCUT2D eigenvalue weighted by Gasteiger charge is -2.46. The molecule has 0 saturated carbocycles. The minimum absolute atomic E-state index is 0.0443. The number of methoxy groups -OCH3 is 1. The highest BCUT2D eigenvalue weighted by Gasteiger charge is 2.33. The van der Waals surface area contributed by atoms with E-state index in [-0.39, 0.29) is 11.4 Å². The van der Waals surface area contributed by atoms with Crippen LogP contribution in [0.4, 0.5) is 10.1 Å². The molecule has 0 aliphatic carbocycles. The van der Waals surface area contributed by atoms with Gasteiger partial charge in [-0.3, -0.25) is 4.90 Å². The van der Waals surface area contributed by atoms with E-state index in [2.05, 4.69) is 16.7 Å². The Morgan fingerprint density at radius 1 is 1.24 bits per heavy atom. The summed E-state index contributed by atoms with van der Waals surface area (Å²) in [5.74, 6) is -0.146. The SMILES string of the molecule is COCCC(C)(CN)N1CCN(c2ccccc2F)CC1. The molecule has 0 radical (unpaired) electrons. The van der Waals surface area contributed by atoms with Crippen molar-refractivity contribution < 1.29 is 9.13 Å². The van der Waals surface area contributed by atoms with Crippen LogP contribution in [-0.2, 0) is 4.74 Å². The van der Waals surface area contributed by atoms with Crippen LogP contribution in [0.1, 0.15) is 13.3 Å². The zero-order valence-electron chi connectivity index (χ0n) is 13.0. The van der Waals surface area contributed by atoms with E-state index >= 15 is 0 Å². The van der Waals surface area contributed by atoms with Gasteiger partial charge in [0.15, 0.2) is 0 Å². The minimum Gasteiger partial charge on any atom is -0.385 e. The van der Waals surface area contributed by atoms with Crippen LogP contribution in [0.15, 0.2) is 24.3 Å². The van der Waals surface area contributed by atoms with Crippen molar-refractivity contribution in [3.8, 4) is 0 Å². The predicted molar refractivity (Wildman–Crippen MR) is 84.1 cm³/mol. The van der Waals surface area contributed by atoms with E-state index in [0.29, 0.717) is 18.8 Å². The molecule has 1 aliphatic heterocycles. The van der Waals surface area contributed by atoms with E-state index in [0.717, 1.165) is 32.6 Å². The van der Waals surface area contributed by atoms with E-state index < -0.39 is 0 Å². The summed E-state index contributed by atoms with van der Waals surface area (Å²) >= 11 is 0. The lowest BCUT2D eigenvalue weighted by molar-refractivity contribution is 0.0637. The molecule has 1 saturated heterocycles. The van der Waals surface area contributed by atoms with Gasteiger partial charge >= 0.3 is 0 Å². The second kappa shape index (κ2) is 7.20. The van der Waals surface area contributed by atoms with Crippen molar-refractivity contribution in [3.63, 3.8) is 0 Å². The van der Waals surface area contributed by atoms with Crippen LogP contribution in [0.5, 0.6) is 0 Å². The third-order valence-electron chi connectivity index (χ3n) is 4.52. The van der Waals surface area contributed by atoms with Crippen molar-refractivity contribution >= 4 is 5.69 Å². The largest absolute Gasteiger partial charge is 0.385 e. The van der Waals surface area contributed by atoms with E-state index in [4.69, 9.17) is 10.5 Å². The molecule has 4 nitrogen and oxygen atoms in total. The maximum absolute atomic E-state index is 13.8. The average Bonchev–Trinajstić information content (AvgIpc) is 2.53. The number of ether oxygens (including phenoxy) is 1. The molecule has 21 heavy (non-hydrogen) atoms. The van der Waals surface area contributed by atoms with Gasteiger partial charge in [0.1, 0.15) is 5.82 Å². The monoisotopic (exact) mass is 295 g/mol. The zero-order chi connectivity index (χ0) is 15.3. The van der Waals surface area contributed by atoms with E-state index in [1.165, 1.54) is 6.07 Å². The van der Waals surface area contributed by atoms with Gasteiger partial charge in [0, 0.05) is 52.0 Å². The summed E-state index contributed by atoms with van der Waals surface area (Å²) in [4.78, 5) is 4.52. The zero-order valence-corrected chi connectivity index (χ0v) is 13.0. The van der Waals surface area contributed by atoms with Crippen molar-refractivity contribution in [2.24, 2.45) is 5.73 Å². The first-order chi connectivity index (χ1) is 10.1. The van der Waals surface area contributed by atoms with Crippen LogP contribution in [0.2, 0.25) is 0 Å². The molecule has 5 heteroatoms. The first kappa shape index (κ1) is 16.2. The molecule has 1 heterocycles. The first-order valence-electron chi connectivity index (χ1n) is 7.54. The Labute approximate surface area is 126 Å². The molecule has 2 N–H and O–H groups in total. The number of nitrogens with zero attached hydrogens (tertiary/aromatic N) is 2. The summed E-state index contributed by atoms with van der Waals surface area (Å²) in [7, 11) is 1.72. The summed E-state index contributed by atoms with van der Waals surface area (Å²) in [6.07, 6.45) is 0.916. The molecule has 2 rings (SSSR count). The molecule has 0 bridgehead atoms. The molecule has 1 aromatic carbocycles. The maximum Gasteiger partial charge on any atom is 0.146 e. The molecule has 0 spiro atoms. The Morgan fingerprint density at radius 3 is 2.48 bits per heavy atom. The second-order valence-electron chi connectivity index (χ2n) is 5.87. The van der Waals surface area contributed by atoms with Crippen LogP contribution in [0.3, 0.4) is 0 Å². The number of hydrogen-bond acceptors (Lipinski definition) is 4. The molecule has 0 aromatic heterocycles. The van der Waals surface area contributed by atoms with Crippen LogP contribution in [0, 0.1) is 5.82 Å². The van der Waals surface area contributed by atoms with Crippen LogP contribution in [-0.4, -0.2) is 56.9 Å². The summed E-state index contributed by atoms with van der Waals surface area (Å²) in [6.45, 7) is 6.94. The number of rotatable bonds is 6. The highest BCUT2D eigenvalue weighted by molar-refractivity contribution is 5.48. The van der Waals surface area contributed by atoms with Gasteiger partial charge < -0.3 is 15.4 Å². The van der Waals surface area contributed by atoms with Gasteiger partial charge in [-0.25, -0.2) is 4.39 Å². The molecule has 0 amide bonds. The number of benzene rings is 1. The summed E-state index contributed by atoms with van der Waals surface area (Å²) in [6, 6.07) is 6.97. The van der Waals surface area contributed by atoms with Gasteiger partial charge in [-0.15, -0.1) is 0 Å². The Kier molecular flexibility index (Phi) is 5.56. The highest BCUT2D eigenvalue weighted by Crippen LogP contribution is 2.24. The maximum atomic E-state index is 13.8. The summed E-state index contributed by atoms with van der Waals surface area (Å²) < 4.78 is 19.0. The smallest absolute Gasteiger partial charge is 0.146 e. The molecule has 1 aromatic rings. The van der Waals surface area contributed by atoms with Gasteiger partial charge in [0.05, 0.1) is 5.69 Å². The summed E-state index contributed by atoms with van der Waals surface area (Å²) in [5, 5.41) is 0. The van der Waals surface area contributed by atoms with Crippen molar-refractivity contribution in [1.29, 1.82) is 0 Å². The normalized spacial score (nSPS) is 19.5. The molecule has 1 atom stereocenters. The van der Waals surface area contributed by atoms with Crippen LogP contribution < -0.4 is 10.6 Å². The van der Waals surface area contributed by atoms with Crippen molar-refractivity contribution in [2.75, 3.05) is 51.3 Å². The first-order valence-corrected chi connectivity index (χ1v) is 7.54. The fourth-order valence-corrected chi connectivity index (χ4v) is 2.91. The Balaban J connectivity index is 1.98. The topological polar surface area (TPSA) is 41.7 Å². The lowest BCUT2D eigenvalue weighted by Crippen LogP contribution is -2.59. The van der Waals surface area contributed by atoms with E-state index in [9.17, 15) is 4.39 Å². The standard InChI is InChI=1S/C16H26FN3O/c1-16(13-18,7-12-21-2)20-10-8-19(9-11-20)15-6-4-3-5-14(15)17/h3-6H,7-13,18H2,1-2H3. The quantitative estimate of drug-likeness (QED) is 0.867. The second-order valence-corrected chi connectivity index (χ2v) is 5.87. The fraction of sp³-hybridized carbons (Fsp3) is 0.625. The third kappa shape index (κ3) is 3.73. The molecule has 118 valence electrons. The van der Waals surface area contributed by atoms with Crippen molar-refractivity contribution in [2.45, 2.75) is 18.9 Å². The number of piperazine rings is 1. The van der Waals surface area contributed by atoms with Crippen molar-refractivity contribution in [3.05, 3.63) is 30.1 Å². The Morgan fingerprint density at radius 2 is 1.90 bits per heavy atom. The number of anilines is 1. The van der Waals surface area contributed by atoms with E-state index in [1.807, 2.05) is 12.1 Å². The van der Waals surface area contributed by atoms with E-state index in [1.54, 1.807) is 13.2 Å². The van der Waals surface area contributed by atoms with Gasteiger partial charge in [0.25, 0.3) is 0 Å². The average molecular weight is 295 g/mol.